The van der Waals surface area contributed by atoms with E-state index in [1.807, 2.05) is 0 Å². The smallest absolute Gasteiger partial charge is 0.151 e. The standard InChI is InChI=1S/C8H8FNO2/c1-5-3-7(10-11)8(12-2)4-6(5)9/h3-4H,1-2H3. The average Bonchev–Trinajstić information content (AvgIpc) is 2.09. The number of aryl methyl sites for hydroxylation is 1. The summed E-state index contributed by atoms with van der Waals surface area (Å²) in [6, 6.07) is 2.49. The van der Waals surface area contributed by atoms with E-state index in [2.05, 4.69) is 5.18 Å². The van der Waals surface area contributed by atoms with E-state index in [9.17, 15) is 9.30 Å². The van der Waals surface area contributed by atoms with E-state index < -0.39 is 5.82 Å². The number of benzene rings is 1. The summed E-state index contributed by atoms with van der Waals surface area (Å²) < 4.78 is 17.6. The molecule has 1 aromatic carbocycles. The van der Waals surface area contributed by atoms with Crippen LogP contribution >= 0.6 is 0 Å². The molecule has 1 aromatic rings. The first-order valence-electron chi connectivity index (χ1n) is 3.36. The third-order valence-electron chi connectivity index (χ3n) is 1.56. The third-order valence-corrected chi connectivity index (χ3v) is 1.56. The maximum Gasteiger partial charge on any atom is 0.151 e. The van der Waals surface area contributed by atoms with Crippen LogP contribution in [0.5, 0.6) is 5.75 Å². The molecule has 0 aliphatic carbocycles. The van der Waals surface area contributed by atoms with Crippen LogP contribution in [-0.4, -0.2) is 7.11 Å². The second kappa shape index (κ2) is 3.30. The predicted octanol–water partition coefficient (Wildman–Crippen LogP) is 2.54. The van der Waals surface area contributed by atoms with Crippen LogP contribution in [0.2, 0.25) is 0 Å². The van der Waals surface area contributed by atoms with Crippen molar-refractivity contribution in [3.63, 3.8) is 0 Å². The van der Waals surface area contributed by atoms with Crippen LogP contribution < -0.4 is 4.74 Å². The van der Waals surface area contributed by atoms with E-state index in [-0.39, 0.29) is 11.4 Å². The normalized spacial score (nSPS) is 9.58. The minimum atomic E-state index is -0.403. The monoisotopic (exact) mass is 169 g/mol. The minimum Gasteiger partial charge on any atom is -0.494 e. The zero-order valence-corrected chi connectivity index (χ0v) is 6.80. The molecule has 64 valence electrons. The molecule has 0 aromatic heterocycles. The second-order valence-corrected chi connectivity index (χ2v) is 2.36. The van der Waals surface area contributed by atoms with Crippen LogP contribution in [0, 0.1) is 17.6 Å². The quantitative estimate of drug-likeness (QED) is 0.638. The van der Waals surface area contributed by atoms with Gasteiger partial charge in [-0.1, -0.05) is 0 Å². The zero-order valence-electron chi connectivity index (χ0n) is 6.80. The van der Waals surface area contributed by atoms with Crippen molar-refractivity contribution >= 4 is 5.69 Å². The Morgan fingerprint density at radius 2 is 2.17 bits per heavy atom. The lowest BCUT2D eigenvalue weighted by Gasteiger charge is -2.03. The number of ether oxygens (including phenoxy) is 1. The van der Waals surface area contributed by atoms with Crippen LogP contribution in [0.1, 0.15) is 5.56 Å². The van der Waals surface area contributed by atoms with Gasteiger partial charge in [0.2, 0.25) is 0 Å². The highest BCUT2D eigenvalue weighted by molar-refractivity contribution is 5.53. The van der Waals surface area contributed by atoms with Crippen molar-refractivity contribution < 1.29 is 9.13 Å². The first-order valence-corrected chi connectivity index (χ1v) is 3.36. The van der Waals surface area contributed by atoms with Crippen LogP contribution in [-0.2, 0) is 0 Å². The molecule has 0 spiro atoms. The second-order valence-electron chi connectivity index (χ2n) is 2.36. The SMILES string of the molecule is COc1cc(F)c(C)cc1N=O. The topological polar surface area (TPSA) is 38.7 Å². The first kappa shape index (κ1) is 8.64. The molecule has 0 aliphatic rings. The molecule has 0 unspecified atom stereocenters. The third kappa shape index (κ3) is 1.42. The molecule has 0 N–H and O–H groups in total. The molecule has 0 saturated carbocycles. The fraction of sp³-hybridized carbons (Fsp3) is 0.250. The largest absolute Gasteiger partial charge is 0.494 e. The molecule has 0 heterocycles. The lowest BCUT2D eigenvalue weighted by Crippen LogP contribution is -1.87. The highest BCUT2D eigenvalue weighted by atomic mass is 19.1. The van der Waals surface area contributed by atoms with Gasteiger partial charge in [0.25, 0.3) is 0 Å². The van der Waals surface area contributed by atoms with E-state index in [1.54, 1.807) is 6.92 Å². The van der Waals surface area contributed by atoms with Gasteiger partial charge in [0.15, 0.2) is 5.75 Å². The molecule has 0 amide bonds. The number of methoxy groups -OCH3 is 1. The van der Waals surface area contributed by atoms with Gasteiger partial charge >= 0.3 is 0 Å². The van der Waals surface area contributed by atoms with Crippen LogP contribution in [0.15, 0.2) is 17.3 Å². The van der Waals surface area contributed by atoms with Crippen molar-refractivity contribution in [2.75, 3.05) is 7.11 Å². The molecule has 0 bridgehead atoms. The van der Waals surface area contributed by atoms with Crippen molar-refractivity contribution in [3.05, 3.63) is 28.4 Å². The molecule has 0 aliphatic heterocycles. The maximum atomic E-state index is 12.9. The summed E-state index contributed by atoms with van der Waals surface area (Å²) in [5, 5.41) is 2.70. The summed E-state index contributed by atoms with van der Waals surface area (Å²) in [6.45, 7) is 1.56. The van der Waals surface area contributed by atoms with Crippen molar-refractivity contribution in [1.29, 1.82) is 0 Å². The summed E-state index contributed by atoms with van der Waals surface area (Å²) in [6.07, 6.45) is 0. The summed E-state index contributed by atoms with van der Waals surface area (Å²) in [7, 11) is 1.36. The first-order chi connectivity index (χ1) is 5.69. The fourth-order valence-electron chi connectivity index (χ4n) is 0.883. The molecular weight excluding hydrogens is 161 g/mol. The van der Waals surface area contributed by atoms with E-state index >= 15 is 0 Å². The predicted molar refractivity (Wildman–Crippen MR) is 43.1 cm³/mol. The average molecular weight is 169 g/mol. The summed E-state index contributed by atoms with van der Waals surface area (Å²) >= 11 is 0. The van der Waals surface area contributed by atoms with Gasteiger partial charge in [-0.3, -0.25) is 0 Å². The Kier molecular flexibility index (Phi) is 2.38. The molecule has 4 heteroatoms. The molecular formula is C8H8FNO2. The Morgan fingerprint density at radius 1 is 1.50 bits per heavy atom. The van der Waals surface area contributed by atoms with Gasteiger partial charge in [-0.2, -0.15) is 0 Å². The van der Waals surface area contributed by atoms with Gasteiger partial charge in [0, 0.05) is 6.07 Å². The van der Waals surface area contributed by atoms with Crippen molar-refractivity contribution in [3.8, 4) is 5.75 Å². The van der Waals surface area contributed by atoms with E-state index in [0.29, 0.717) is 5.56 Å². The van der Waals surface area contributed by atoms with Crippen molar-refractivity contribution in [2.24, 2.45) is 5.18 Å². The number of rotatable bonds is 2. The summed E-state index contributed by atoms with van der Waals surface area (Å²) in [5.41, 5.74) is 0.502. The van der Waals surface area contributed by atoms with Crippen molar-refractivity contribution in [2.45, 2.75) is 6.92 Å². The maximum absolute atomic E-state index is 12.9. The van der Waals surface area contributed by atoms with Gasteiger partial charge in [-0.15, -0.1) is 4.91 Å². The summed E-state index contributed by atoms with van der Waals surface area (Å²) in [4.78, 5) is 10.2. The van der Waals surface area contributed by atoms with E-state index in [4.69, 9.17) is 4.74 Å². The van der Waals surface area contributed by atoms with Gasteiger partial charge < -0.3 is 4.74 Å². The Hall–Kier alpha value is -1.45. The molecule has 12 heavy (non-hydrogen) atoms. The Bertz CT molecular complexity index is 312. The number of nitroso groups, excluding NO2 is 1. The van der Waals surface area contributed by atoms with E-state index in [0.717, 1.165) is 6.07 Å². The van der Waals surface area contributed by atoms with Crippen molar-refractivity contribution in [1.82, 2.24) is 0 Å². The lowest BCUT2D eigenvalue weighted by atomic mass is 10.2. The number of nitrogens with zero attached hydrogens (tertiary/aromatic N) is 1. The number of hydrogen-bond acceptors (Lipinski definition) is 3. The molecule has 1 rings (SSSR count). The van der Waals surface area contributed by atoms with Crippen LogP contribution in [0.25, 0.3) is 0 Å². The molecule has 0 saturated heterocycles. The summed E-state index contributed by atoms with van der Waals surface area (Å²) in [5.74, 6) is -0.243. The van der Waals surface area contributed by atoms with Gasteiger partial charge in [0.1, 0.15) is 11.5 Å². The highest BCUT2D eigenvalue weighted by Crippen LogP contribution is 2.29. The Morgan fingerprint density at radius 3 is 2.67 bits per heavy atom. The fourth-order valence-corrected chi connectivity index (χ4v) is 0.883. The Balaban J connectivity index is 3.28. The van der Waals surface area contributed by atoms with E-state index in [1.165, 1.54) is 13.2 Å². The number of halogens is 1. The number of hydrogen-bond donors (Lipinski definition) is 0. The van der Waals surface area contributed by atoms with Gasteiger partial charge in [-0.05, 0) is 23.7 Å². The Labute approximate surface area is 69.1 Å². The zero-order chi connectivity index (χ0) is 9.14. The van der Waals surface area contributed by atoms with Crippen LogP contribution in [0.4, 0.5) is 10.1 Å². The van der Waals surface area contributed by atoms with Gasteiger partial charge in [-0.25, -0.2) is 4.39 Å². The molecule has 0 atom stereocenters. The van der Waals surface area contributed by atoms with Crippen LogP contribution in [0.3, 0.4) is 0 Å². The molecule has 3 nitrogen and oxygen atoms in total. The van der Waals surface area contributed by atoms with Gasteiger partial charge in [0.05, 0.1) is 7.11 Å². The minimum absolute atomic E-state index is 0.122. The molecule has 0 radical (unpaired) electrons. The molecule has 0 fully saturated rings. The highest BCUT2D eigenvalue weighted by Gasteiger charge is 2.07. The lowest BCUT2D eigenvalue weighted by molar-refractivity contribution is 0.412.